The molecule has 2 aliphatic heterocycles. The van der Waals surface area contributed by atoms with E-state index in [1.54, 1.807) is 6.92 Å². The number of hydrogen-bond acceptors (Lipinski definition) is 8. The van der Waals surface area contributed by atoms with Gasteiger partial charge in [-0.1, -0.05) is 40.9 Å². The fourth-order valence-corrected chi connectivity index (χ4v) is 8.58. The van der Waals surface area contributed by atoms with Crippen molar-refractivity contribution in [3.8, 4) is 11.5 Å². The third-order valence-corrected chi connectivity index (χ3v) is 10.9. The Hall–Kier alpha value is -4.81. The van der Waals surface area contributed by atoms with E-state index in [9.17, 15) is 38.8 Å². The topological polar surface area (TPSA) is 147 Å². The van der Waals surface area contributed by atoms with Gasteiger partial charge in [0.1, 0.15) is 5.82 Å². The van der Waals surface area contributed by atoms with Gasteiger partial charge < -0.3 is 9.84 Å². The van der Waals surface area contributed by atoms with Crippen molar-refractivity contribution >= 4 is 63.9 Å². The van der Waals surface area contributed by atoms with Gasteiger partial charge in [0.15, 0.2) is 11.5 Å². The monoisotopic (exact) mass is 693 g/mol. The molecule has 2 saturated heterocycles. The molecular formula is C34H26Cl2FN3O8. The van der Waals surface area contributed by atoms with E-state index in [1.807, 2.05) is 6.08 Å². The number of ether oxygens (including phenoxy) is 1. The third kappa shape index (κ3) is 4.38. The van der Waals surface area contributed by atoms with Crippen LogP contribution < -0.4 is 14.5 Å². The maximum atomic E-state index is 14.5. The van der Waals surface area contributed by atoms with Crippen LogP contribution in [-0.4, -0.2) is 40.8 Å². The second-order valence-corrected chi connectivity index (χ2v) is 13.4. The Morgan fingerprint density at radius 2 is 1.69 bits per heavy atom. The second kappa shape index (κ2) is 11.1. The maximum absolute atomic E-state index is 14.5. The number of non-ortho nitro benzene ring substituents is 1. The number of carbonyl (C=O) groups excluding carboxylic acids is 4. The summed E-state index contributed by atoms with van der Waals surface area (Å²) in [7, 11) is 1.34. The van der Waals surface area contributed by atoms with Gasteiger partial charge in [0.05, 0.1) is 56.6 Å². The van der Waals surface area contributed by atoms with E-state index in [1.165, 1.54) is 49.6 Å². The number of benzene rings is 3. The molecule has 0 aromatic heterocycles. The first-order valence-corrected chi connectivity index (χ1v) is 15.8. The van der Waals surface area contributed by atoms with Crippen LogP contribution in [-0.2, 0) is 19.2 Å². The van der Waals surface area contributed by atoms with E-state index >= 15 is 0 Å². The molecule has 7 rings (SSSR count). The van der Waals surface area contributed by atoms with Crippen molar-refractivity contribution in [3.63, 3.8) is 0 Å². The van der Waals surface area contributed by atoms with Gasteiger partial charge >= 0.3 is 0 Å². The van der Waals surface area contributed by atoms with Gasteiger partial charge in [0.2, 0.25) is 23.6 Å². The molecular weight excluding hydrogens is 668 g/mol. The van der Waals surface area contributed by atoms with Crippen LogP contribution in [0.2, 0.25) is 10.0 Å². The number of amides is 4. The first kappa shape index (κ1) is 31.8. The smallest absolute Gasteiger partial charge is 0.271 e. The summed E-state index contributed by atoms with van der Waals surface area (Å²) < 4.78 is 19.5. The molecule has 4 aliphatic rings. The van der Waals surface area contributed by atoms with Crippen LogP contribution in [0.5, 0.6) is 11.5 Å². The van der Waals surface area contributed by atoms with E-state index in [2.05, 4.69) is 0 Å². The number of hydrogen-bond donors (Lipinski definition) is 1. The van der Waals surface area contributed by atoms with Crippen molar-refractivity contribution in [2.45, 2.75) is 25.7 Å². The number of imide groups is 2. The number of methoxy groups -OCH3 is 1. The van der Waals surface area contributed by atoms with Crippen LogP contribution in [0.25, 0.3) is 0 Å². The number of phenols is 1. The molecule has 14 heteroatoms. The molecule has 0 unspecified atom stereocenters. The fourth-order valence-electron chi connectivity index (χ4n) is 8.18. The van der Waals surface area contributed by atoms with Gasteiger partial charge in [-0.25, -0.2) is 14.2 Å². The van der Waals surface area contributed by atoms with Crippen LogP contribution >= 0.6 is 23.2 Å². The summed E-state index contributed by atoms with van der Waals surface area (Å²) in [6.07, 6.45) is 1.98. The Bertz CT molecular complexity index is 2020. The highest BCUT2D eigenvalue weighted by atomic mass is 35.5. The SMILES string of the molecule is COc1cc([C@H]2C3=CC[C@@H]4C(=O)N(c5cccc([N+](=O)[O-])c5)C(=O)[C@@H]4[C@@H]3C[C@H]3C(=O)N(c4ccc(F)c(Cl)c4)C(=O)[C@@]23C)cc(Cl)c1O. The lowest BCUT2D eigenvalue weighted by molar-refractivity contribution is -0.384. The number of nitro benzene ring substituents is 1. The summed E-state index contributed by atoms with van der Waals surface area (Å²) in [6.45, 7) is 1.65. The molecule has 48 heavy (non-hydrogen) atoms. The Kier molecular flexibility index (Phi) is 7.37. The fraction of sp³-hybridized carbons (Fsp3) is 0.294. The van der Waals surface area contributed by atoms with Crippen molar-refractivity contribution < 1.29 is 38.3 Å². The Morgan fingerprint density at radius 1 is 0.958 bits per heavy atom. The third-order valence-electron chi connectivity index (χ3n) is 10.3. The molecule has 4 amide bonds. The number of aromatic hydroxyl groups is 1. The zero-order valence-electron chi connectivity index (χ0n) is 25.4. The number of phenolic OH excluding ortho intramolecular Hbond substituents is 1. The van der Waals surface area contributed by atoms with Crippen molar-refractivity contribution in [2.24, 2.45) is 29.1 Å². The molecule has 2 aliphatic carbocycles. The van der Waals surface area contributed by atoms with Crippen molar-refractivity contribution in [2.75, 3.05) is 16.9 Å². The highest BCUT2D eigenvalue weighted by Crippen LogP contribution is 2.64. The van der Waals surface area contributed by atoms with E-state index < -0.39 is 69.4 Å². The molecule has 3 aromatic carbocycles. The van der Waals surface area contributed by atoms with E-state index in [0.29, 0.717) is 11.1 Å². The van der Waals surface area contributed by atoms with Gasteiger partial charge in [-0.3, -0.25) is 29.3 Å². The minimum absolute atomic E-state index is 0.0250. The standard InChI is InChI=1S/C34H26Cl2FN3O8/c1-34-22(31(43)39(33(34)45)17-6-9-25(37)23(35)13-17)14-21-19(28(34)15-10-24(36)29(41)26(11-15)48-2)7-8-20-27(21)32(44)38(30(20)42)16-4-3-5-18(12-16)40(46)47/h3-7,9-13,20-22,27-28,41H,8,14H2,1-2H3/t20-,21+,22-,27-,28-,34+/m0/s1. The van der Waals surface area contributed by atoms with Crippen LogP contribution in [0.15, 0.2) is 66.2 Å². The predicted molar refractivity (Wildman–Crippen MR) is 171 cm³/mol. The van der Waals surface area contributed by atoms with Gasteiger partial charge in [0.25, 0.3) is 5.69 Å². The second-order valence-electron chi connectivity index (χ2n) is 12.6. The van der Waals surface area contributed by atoms with Crippen LogP contribution in [0.4, 0.5) is 21.5 Å². The number of allylic oxidation sites excluding steroid dienone is 2. The van der Waals surface area contributed by atoms with Crippen LogP contribution in [0, 0.1) is 45.0 Å². The molecule has 1 saturated carbocycles. The zero-order chi connectivity index (χ0) is 34.4. The quantitative estimate of drug-likeness (QED) is 0.144. The first-order valence-electron chi connectivity index (χ1n) is 15.0. The molecule has 1 N–H and O–H groups in total. The number of nitrogens with zero attached hydrogens (tertiary/aromatic N) is 3. The molecule has 0 spiro atoms. The van der Waals surface area contributed by atoms with E-state index in [4.69, 9.17) is 27.9 Å². The maximum Gasteiger partial charge on any atom is 0.271 e. The Labute approximate surface area is 282 Å². The summed E-state index contributed by atoms with van der Waals surface area (Å²) in [5.41, 5.74) is -0.529. The van der Waals surface area contributed by atoms with Crippen molar-refractivity contribution in [3.05, 3.63) is 97.8 Å². The lowest BCUT2D eigenvalue weighted by Gasteiger charge is -2.49. The summed E-state index contributed by atoms with van der Waals surface area (Å²) in [6, 6.07) is 11.8. The largest absolute Gasteiger partial charge is 0.503 e. The highest BCUT2D eigenvalue weighted by Gasteiger charge is 2.67. The van der Waals surface area contributed by atoms with E-state index in [-0.39, 0.29) is 51.4 Å². The van der Waals surface area contributed by atoms with Crippen molar-refractivity contribution in [1.29, 1.82) is 0 Å². The average Bonchev–Trinajstić information content (AvgIpc) is 3.43. The number of nitro groups is 1. The predicted octanol–water partition coefficient (Wildman–Crippen LogP) is 6.19. The summed E-state index contributed by atoms with van der Waals surface area (Å²) >= 11 is 12.5. The number of fused-ring (bicyclic) bond motifs is 4. The number of halogens is 3. The number of carbonyl (C=O) groups is 4. The lowest BCUT2D eigenvalue weighted by atomic mass is 9.51. The van der Waals surface area contributed by atoms with E-state index in [0.717, 1.165) is 21.9 Å². The first-order chi connectivity index (χ1) is 22.8. The Morgan fingerprint density at radius 3 is 2.38 bits per heavy atom. The van der Waals surface area contributed by atoms with Gasteiger partial charge in [0, 0.05) is 18.1 Å². The molecule has 246 valence electrons. The molecule has 11 nitrogen and oxygen atoms in total. The van der Waals surface area contributed by atoms with Crippen LogP contribution in [0.3, 0.4) is 0 Å². The zero-order valence-corrected chi connectivity index (χ0v) is 26.9. The van der Waals surface area contributed by atoms with Gasteiger partial charge in [-0.2, -0.15) is 0 Å². The molecule has 6 atom stereocenters. The number of rotatable bonds is 5. The minimum atomic E-state index is -1.45. The van der Waals surface area contributed by atoms with Crippen molar-refractivity contribution in [1.82, 2.24) is 0 Å². The molecule has 0 bridgehead atoms. The minimum Gasteiger partial charge on any atom is -0.503 e. The molecule has 2 heterocycles. The Balaban J connectivity index is 1.38. The molecule has 3 aromatic rings. The summed E-state index contributed by atoms with van der Waals surface area (Å²) in [5, 5.41) is 21.7. The lowest BCUT2D eigenvalue weighted by Crippen LogP contribution is -2.48. The van der Waals surface area contributed by atoms with Gasteiger partial charge in [-0.05, 0) is 67.6 Å². The molecule has 3 fully saturated rings. The summed E-state index contributed by atoms with van der Waals surface area (Å²) in [5.74, 6) is -7.60. The molecule has 0 radical (unpaired) electrons. The average molecular weight is 694 g/mol. The van der Waals surface area contributed by atoms with Gasteiger partial charge in [-0.15, -0.1) is 0 Å². The summed E-state index contributed by atoms with van der Waals surface area (Å²) in [4.78, 5) is 69.7. The van der Waals surface area contributed by atoms with Crippen LogP contribution in [0.1, 0.15) is 31.2 Å². The number of anilines is 2. The highest BCUT2D eigenvalue weighted by molar-refractivity contribution is 6.32. The normalized spacial score (nSPS) is 27.9.